The van der Waals surface area contributed by atoms with Gasteiger partial charge in [-0.1, -0.05) is 29.8 Å². The van der Waals surface area contributed by atoms with E-state index >= 15 is 0 Å². The first-order valence-corrected chi connectivity index (χ1v) is 5.81. The topological polar surface area (TPSA) is 38.1 Å². The summed E-state index contributed by atoms with van der Waals surface area (Å²) in [6.45, 7) is 2.00. The Hall–Kier alpha value is -1.13. The van der Waals surface area contributed by atoms with Crippen LogP contribution in [0.4, 0.5) is 0 Å². The highest BCUT2D eigenvalue weighted by molar-refractivity contribution is 9.10. The Balaban J connectivity index is 2.52. The number of aryl methyl sites for hydroxylation is 1. The number of aromatic nitrogens is 2. The number of hydrogen-bond donors (Lipinski definition) is 1. The second-order valence-electron chi connectivity index (χ2n) is 3.76. The van der Waals surface area contributed by atoms with E-state index in [0.29, 0.717) is 5.69 Å². The van der Waals surface area contributed by atoms with E-state index in [0.717, 1.165) is 16.0 Å². The Labute approximate surface area is 103 Å². The van der Waals surface area contributed by atoms with Crippen LogP contribution in [0.5, 0.6) is 0 Å². The lowest BCUT2D eigenvalue weighted by atomic mass is 10.1. The Kier molecular flexibility index (Phi) is 3.12. The van der Waals surface area contributed by atoms with Crippen LogP contribution in [0.15, 0.2) is 28.9 Å². The van der Waals surface area contributed by atoms with E-state index in [4.69, 9.17) is 5.11 Å². The molecule has 16 heavy (non-hydrogen) atoms. The third-order valence-electron chi connectivity index (χ3n) is 2.55. The smallest absolute Gasteiger partial charge is 0.140 e. The second kappa shape index (κ2) is 4.39. The Bertz CT molecular complexity index is 502. The molecule has 84 valence electrons. The monoisotopic (exact) mass is 280 g/mol. The lowest BCUT2D eigenvalue weighted by molar-refractivity contribution is 0.276. The largest absolute Gasteiger partial charge is 0.390 e. The maximum atomic E-state index is 9.14. The summed E-state index contributed by atoms with van der Waals surface area (Å²) in [7, 11) is 1.92. The van der Waals surface area contributed by atoms with E-state index in [9.17, 15) is 0 Å². The summed E-state index contributed by atoms with van der Waals surface area (Å²) in [6.07, 6.45) is 0. The van der Waals surface area contributed by atoms with E-state index in [1.165, 1.54) is 5.56 Å². The first-order chi connectivity index (χ1) is 7.63. The molecule has 4 heteroatoms. The molecular weight excluding hydrogens is 268 g/mol. The fraction of sp³-hybridized carbons (Fsp3) is 0.250. The number of nitrogens with zero attached hydrogens (tertiary/aromatic N) is 2. The predicted molar refractivity (Wildman–Crippen MR) is 67.0 cm³/mol. The van der Waals surface area contributed by atoms with E-state index in [-0.39, 0.29) is 6.61 Å². The quantitative estimate of drug-likeness (QED) is 0.919. The molecule has 1 aromatic carbocycles. The molecule has 0 saturated carbocycles. The Morgan fingerprint density at radius 3 is 2.44 bits per heavy atom. The molecule has 0 amide bonds. The van der Waals surface area contributed by atoms with Crippen molar-refractivity contribution in [3.8, 4) is 11.4 Å². The number of rotatable bonds is 2. The molecule has 1 aromatic heterocycles. The summed E-state index contributed by atoms with van der Waals surface area (Å²) in [5.41, 5.74) is 2.94. The molecule has 0 aliphatic rings. The van der Waals surface area contributed by atoms with Crippen LogP contribution in [0, 0.1) is 6.92 Å². The molecule has 0 aliphatic carbocycles. The number of benzene rings is 1. The van der Waals surface area contributed by atoms with Crippen molar-refractivity contribution >= 4 is 15.9 Å². The van der Waals surface area contributed by atoms with Crippen molar-refractivity contribution in [1.82, 2.24) is 9.55 Å². The predicted octanol–water partition coefficient (Wildman–Crippen LogP) is 2.65. The molecule has 2 rings (SSSR count). The highest BCUT2D eigenvalue weighted by Crippen LogP contribution is 2.25. The van der Waals surface area contributed by atoms with Crippen LogP contribution in [0.3, 0.4) is 0 Å². The first-order valence-electron chi connectivity index (χ1n) is 5.02. The fourth-order valence-electron chi connectivity index (χ4n) is 1.60. The molecule has 1 N–H and O–H groups in total. The van der Waals surface area contributed by atoms with E-state index in [1.807, 2.05) is 23.7 Å². The highest BCUT2D eigenvalue weighted by atomic mass is 79.9. The van der Waals surface area contributed by atoms with Crippen LogP contribution in [0.25, 0.3) is 11.4 Å². The van der Waals surface area contributed by atoms with Crippen LogP contribution in [-0.4, -0.2) is 14.7 Å². The van der Waals surface area contributed by atoms with Crippen LogP contribution < -0.4 is 0 Å². The highest BCUT2D eigenvalue weighted by Gasteiger charge is 2.12. The first kappa shape index (κ1) is 11.4. The fourth-order valence-corrected chi connectivity index (χ4v) is 1.98. The van der Waals surface area contributed by atoms with Crippen LogP contribution in [0.2, 0.25) is 0 Å². The molecule has 0 atom stereocenters. The standard InChI is InChI=1S/C12H13BrN2O/c1-8-3-5-9(6-4-8)12-14-10(7-16)11(13)15(12)2/h3-6,16H,7H2,1-2H3. The summed E-state index contributed by atoms with van der Waals surface area (Å²) in [6, 6.07) is 8.17. The van der Waals surface area contributed by atoms with Gasteiger partial charge in [-0.15, -0.1) is 0 Å². The van der Waals surface area contributed by atoms with Gasteiger partial charge in [0.1, 0.15) is 10.4 Å². The van der Waals surface area contributed by atoms with E-state index in [1.54, 1.807) is 0 Å². The third kappa shape index (κ3) is 1.90. The average Bonchev–Trinajstić information content (AvgIpc) is 2.57. The van der Waals surface area contributed by atoms with Crippen LogP contribution in [0.1, 0.15) is 11.3 Å². The minimum Gasteiger partial charge on any atom is -0.390 e. The van der Waals surface area contributed by atoms with Gasteiger partial charge in [0.2, 0.25) is 0 Å². The van der Waals surface area contributed by atoms with Crippen molar-refractivity contribution in [2.75, 3.05) is 0 Å². The molecule has 0 aliphatic heterocycles. The van der Waals surface area contributed by atoms with E-state index < -0.39 is 0 Å². The lowest BCUT2D eigenvalue weighted by Gasteiger charge is -2.02. The normalized spacial score (nSPS) is 10.8. The van der Waals surface area contributed by atoms with Crippen molar-refractivity contribution in [3.05, 3.63) is 40.1 Å². The minimum absolute atomic E-state index is 0.0553. The number of hydrogen-bond acceptors (Lipinski definition) is 2. The summed E-state index contributed by atoms with van der Waals surface area (Å²) in [5, 5.41) is 9.14. The zero-order valence-corrected chi connectivity index (χ0v) is 10.8. The maximum absolute atomic E-state index is 9.14. The lowest BCUT2D eigenvalue weighted by Crippen LogP contribution is -1.92. The van der Waals surface area contributed by atoms with Crippen molar-refractivity contribution in [1.29, 1.82) is 0 Å². The van der Waals surface area contributed by atoms with Crippen molar-refractivity contribution in [3.63, 3.8) is 0 Å². The molecule has 0 radical (unpaired) electrons. The number of aliphatic hydroxyl groups is 1. The van der Waals surface area contributed by atoms with E-state index in [2.05, 4.69) is 40.0 Å². The minimum atomic E-state index is -0.0553. The van der Waals surface area contributed by atoms with Crippen molar-refractivity contribution in [2.45, 2.75) is 13.5 Å². The summed E-state index contributed by atoms with van der Waals surface area (Å²) >= 11 is 3.41. The summed E-state index contributed by atoms with van der Waals surface area (Å²) < 4.78 is 2.75. The van der Waals surface area contributed by atoms with Gasteiger partial charge < -0.3 is 9.67 Å². The van der Waals surface area contributed by atoms with Crippen molar-refractivity contribution < 1.29 is 5.11 Å². The SMILES string of the molecule is Cc1ccc(-c2nc(CO)c(Br)n2C)cc1. The Morgan fingerprint density at radius 1 is 1.31 bits per heavy atom. The summed E-state index contributed by atoms with van der Waals surface area (Å²) in [4.78, 5) is 4.39. The second-order valence-corrected chi connectivity index (χ2v) is 4.51. The van der Waals surface area contributed by atoms with Gasteiger partial charge in [0.05, 0.1) is 12.3 Å². The molecular formula is C12H13BrN2O. The maximum Gasteiger partial charge on any atom is 0.140 e. The molecule has 0 fully saturated rings. The average molecular weight is 281 g/mol. The molecule has 0 unspecified atom stereocenters. The van der Waals surface area contributed by atoms with Gasteiger partial charge in [0.15, 0.2) is 0 Å². The molecule has 1 heterocycles. The van der Waals surface area contributed by atoms with Gasteiger partial charge in [-0.2, -0.15) is 0 Å². The molecule has 0 bridgehead atoms. The van der Waals surface area contributed by atoms with Gasteiger partial charge in [-0.05, 0) is 22.9 Å². The zero-order chi connectivity index (χ0) is 11.7. The number of imidazole rings is 1. The van der Waals surface area contributed by atoms with Crippen LogP contribution >= 0.6 is 15.9 Å². The van der Waals surface area contributed by atoms with Gasteiger partial charge >= 0.3 is 0 Å². The molecule has 3 nitrogen and oxygen atoms in total. The number of aliphatic hydroxyl groups excluding tert-OH is 1. The molecule has 0 saturated heterocycles. The third-order valence-corrected chi connectivity index (χ3v) is 3.54. The van der Waals surface area contributed by atoms with Gasteiger partial charge in [-0.3, -0.25) is 0 Å². The molecule has 0 spiro atoms. The zero-order valence-electron chi connectivity index (χ0n) is 9.24. The summed E-state index contributed by atoms with van der Waals surface area (Å²) in [5.74, 6) is 0.857. The van der Waals surface area contributed by atoms with Gasteiger partial charge in [-0.25, -0.2) is 4.98 Å². The molecule has 2 aromatic rings. The number of halogens is 1. The van der Waals surface area contributed by atoms with Crippen molar-refractivity contribution in [2.24, 2.45) is 7.05 Å². The van der Waals surface area contributed by atoms with Gasteiger partial charge in [0.25, 0.3) is 0 Å². The van der Waals surface area contributed by atoms with Gasteiger partial charge in [0, 0.05) is 12.6 Å². The Morgan fingerprint density at radius 2 is 1.94 bits per heavy atom. The van der Waals surface area contributed by atoms with Crippen LogP contribution in [-0.2, 0) is 13.7 Å².